The molecule has 39 heavy (non-hydrogen) atoms. The molecule has 0 fully saturated rings. The molecule has 1 aliphatic heterocycles. The molecule has 0 radical (unpaired) electrons. The smallest absolute Gasteiger partial charge is 0.338 e. The van der Waals surface area contributed by atoms with Crippen LogP contribution in [0.1, 0.15) is 51.3 Å². The molecule has 1 N–H and O–H groups in total. The highest BCUT2D eigenvalue weighted by molar-refractivity contribution is 9.10. The first-order valence-electron chi connectivity index (χ1n) is 12.5. The molecule has 1 atom stereocenters. The fraction of sp³-hybridized carbons (Fsp3) is 0.370. The molecular weight excluding hydrogens is 627 g/mol. The Hall–Kier alpha value is -2.40. The maximum Gasteiger partial charge on any atom is 0.338 e. The Morgan fingerprint density at radius 2 is 1.95 bits per heavy atom. The van der Waals surface area contributed by atoms with Crippen molar-refractivity contribution in [2.24, 2.45) is 0 Å². The van der Waals surface area contributed by atoms with E-state index >= 15 is 0 Å². The predicted molar refractivity (Wildman–Crippen MR) is 158 cm³/mol. The number of ether oxygens (including phenoxy) is 3. The highest BCUT2D eigenvalue weighted by Crippen LogP contribution is 2.43. The number of allylic oxidation sites excluding steroid dienone is 1. The largest absolute Gasteiger partial charge is 0.490 e. The Morgan fingerprint density at radius 3 is 2.64 bits per heavy atom. The number of aromatic nitrogens is 3. The number of carbonyl (C=O) groups is 1. The molecule has 1 unspecified atom stereocenters. The topological polar surface area (TPSA) is 87.5 Å². The Bertz CT molecular complexity index is 1400. The van der Waals surface area contributed by atoms with Crippen LogP contribution in [0.25, 0.3) is 0 Å². The van der Waals surface area contributed by atoms with E-state index in [1.54, 1.807) is 16.8 Å². The van der Waals surface area contributed by atoms with Gasteiger partial charge in [0.1, 0.15) is 12.6 Å². The zero-order chi connectivity index (χ0) is 28.1. The number of rotatable bonds is 11. The zero-order valence-corrected chi connectivity index (χ0v) is 25.9. The fourth-order valence-corrected chi connectivity index (χ4v) is 5.55. The van der Waals surface area contributed by atoms with Crippen molar-refractivity contribution in [3.63, 3.8) is 0 Å². The Kier molecular flexibility index (Phi) is 10.1. The second kappa shape index (κ2) is 13.3. The number of thioether (sulfide) groups is 1. The molecule has 8 nitrogen and oxygen atoms in total. The van der Waals surface area contributed by atoms with Gasteiger partial charge in [0.15, 0.2) is 11.5 Å². The van der Waals surface area contributed by atoms with Crippen molar-refractivity contribution in [2.45, 2.75) is 51.9 Å². The summed E-state index contributed by atoms with van der Waals surface area (Å²) in [7, 11) is 0. The van der Waals surface area contributed by atoms with Crippen molar-refractivity contribution >= 4 is 62.8 Å². The lowest BCUT2D eigenvalue weighted by Gasteiger charge is -2.29. The maximum atomic E-state index is 13.3. The van der Waals surface area contributed by atoms with Crippen molar-refractivity contribution in [1.29, 1.82) is 0 Å². The summed E-state index contributed by atoms with van der Waals surface area (Å²) in [5, 5.41) is 9.50. The van der Waals surface area contributed by atoms with E-state index in [0.29, 0.717) is 68.0 Å². The molecule has 1 aromatic heterocycles. The third kappa shape index (κ3) is 6.67. The lowest BCUT2D eigenvalue weighted by Crippen LogP contribution is -2.30. The first-order chi connectivity index (χ1) is 18.8. The minimum absolute atomic E-state index is 0.251. The average molecular weight is 656 g/mol. The molecule has 0 aliphatic carbocycles. The Morgan fingerprint density at radius 1 is 1.15 bits per heavy atom. The summed E-state index contributed by atoms with van der Waals surface area (Å²) in [6.07, 6.45) is 0.715. The zero-order valence-electron chi connectivity index (χ0n) is 22.0. The van der Waals surface area contributed by atoms with Crippen LogP contribution in [0.15, 0.2) is 51.2 Å². The average Bonchev–Trinajstić information content (AvgIpc) is 3.30. The molecule has 0 saturated carbocycles. The van der Waals surface area contributed by atoms with Crippen LogP contribution in [0.4, 0.5) is 5.95 Å². The van der Waals surface area contributed by atoms with Gasteiger partial charge in [0.05, 0.1) is 33.3 Å². The van der Waals surface area contributed by atoms with E-state index in [2.05, 4.69) is 26.2 Å². The molecular formula is C27H29BrCl2N4O4S. The number of halogens is 3. The molecule has 0 spiro atoms. The van der Waals surface area contributed by atoms with E-state index in [1.807, 2.05) is 45.9 Å². The number of nitrogens with one attached hydrogen (secondary N) is 1. The van der Waals surface area contributed by atoms with Gasteiger partial charge < -0.3 is 19.5 Å². The summed E-state index contributed by atoms with van der Waals surface area (Å²) < 4.78 is 20.1. The first kappa shape index (κ1) is 29.6. The second-order valence-electron chi connectivity index (χ2n) is 8.60. The molecule has 2 heterocycles. The number of nitrogens with zero attached hydrogens (tertiary/aromatic N) is 3. The highest BCUT2D eigenvalue weighted by Gasteiger charge is 2.36. The van der Waals surface area contributed by atoms with Crippen molar-refractivity contribution in [3.05, 3.63) is 67.2 Å². The summed E-state index contributed by atoms with van der Waals surface area (Å²) in [5.74, 6) is 2.00. The quantitative estimate of drug-likeness (QED) is 0.166. The minimum Gasteiger partial charge on any atom is -0.490 e. The number of hydrogen-bond acceptors (Lipinski definition) is 8. The van der Waals surface area contributed by atoms with Crippen molar-refractivity contribution < 1.29 is 19.0 Å². The molecule has 2 aromatic carbocycles. The van der Waals surface area contributed by atoms with Crippen molar-refractivity contribution in [1.82, 2.24) is 14.8 Å². The predicted octanol–water partition coefficient (Wildman–Crippen LogP) is 7.68. The lowest BCUT2D eigenvalue weighted by molar-refractivity contribution is -0.139. The van der Waals surface area contributed by atoms with Crippen LogP contribution in [-0.4, -0.2) is 39.7 Å². The number of anilines is 1. The van der Waals surface area contributed by atoms with E-state index in [0.717, 1.165) is 16.9 Å². The Labute approximate surface area is 250 Å². The molecule has 0 saturated heterocycles. The first-order valence-corrected chi connectivity index (χ1v) is 15.1. The highest BCUT2D eigenvalue weighted by atomic mass is 79.9. The van der Waals surface area contributed by atoms with Gasteiger partial charge in [0.25, 0.3) is 0 Å². The van der Waals surface area contributed by atoms with Gasteiger partial charge >= 0.3 is 5.97 Å². The minimum atomic E-state index is -0.594. The van der Waals surface area contributed by atoms with Gasteiger partial charge in [-0.3, -0.25) is 0 Å². The van der Waals surface area contributed by atoms with Gasteiger partial charge in [-0.1, -0.05) is 54.9 Å². The van der Waals surface area contributed by atoms with Crippen LogP contribution in [-0.2, 0) is 16.1 Å². The van der Waals surface area contributed by atoms with Crippen LogP contribution < -0.4 is 14.8 Å². The summed E-state index contributed by atoms with van der Waals surface area (Å²) >= 11 is 17.4. The molecule has 1 aliphatic rings. The molecule has 0 amide bonds. The monoisotopic (exact) mass is 654 g/mol. The summed E-state index contributed by atoms with van der Waals surface area (Å²) in [6.45, 7) is 8.71. The number of fused-ring (bicyclic) bond motifs is 1. The standard InChI is InChI=1S/C27H29BrCl2N4O4S/c1-5-10-37-25(35)22-15(4)31-26-32-27(39-7-3)33-34(26)23(22)17-12-18(28)24(21(13-17)36-6-2)38-14-16-8-9-19(29)20(30)11-16/h8-9,11-13,23H,5-7,10,14H2,1-4H3,(H,31,32,33). The third-order valence-corrected chi connectivity index (χ3v) is 7.83. The second-order valence-corrected chi connectivity index (χ2v) is 11.5. The number of esters is 1. The van der Waals surface area contributed by atoms with Gasteiger partial charge in [-0.15, -0.1) is 5.10 Å². The van der Waals surface area contributed by atoms with Crippen molar-refractivity contribution in [2.75, 3.05) is 24.3 Å². The fourth-order valence-electron chi connectivity index (χ4n) is 4.10. The van der Waals surface area contributed by atoms with Gasteiger partial charge in [-0.2, -0.15) is 4.98 Å². The molecule has 4 rings (SSSR count). The van der Waals surface area contributed by atoms with Crippen molar-refractivity contribution in [3.8, 4) is 11.5 Å². The summed E-state index contributed by atoms with van der Waals surface area (Å²) in [5.41, 5.74) is 2.72. The molecule has 0 bridgehead atoms. The summed E-state index contributed by atoms with van der Waals surface area (Å²) in [4.78, 5) is 17.9. The van der Waals surface area contributed by atoms with E-state index in [1.165, 1.54) is 11.8 Å². The summed E-state index contributed by atoms with van der Waals surface area (Å²) in [6, 6.07) is 8.53. The van der Waals surface area contributed by atoms with E-state index < -0.39 is 12.0 Å². The van der Waals surface area contributed by atoms with Crippen LogP contribution in [0.2, 0.25) is 10.0 Å². The van der Waals surface area contributed by atoms with Crippen LogP contribution in [0.5, 0.6) is 11.5 Å². The van der Waals surface area contributed by atoms with Crippen LogP contribution >= 0.6 is 50.9 Å². The van der Waals surface area contributed by atoms with Gasteiger partial charge in [-0.05, 0) is 77.3 Å². The number of hydrogen-bond donors (Lipinski definition) is 1. The van der Waals surface area contributed by atoms with Gasteiger partial charge in [0.2, 0.25) is 11.1 Å². The van der Waals surface area contributed by atoms with E-state index in [-0.39, 0.29) is 6.61 Å². The van der Waals surface area contributed by atoms with Gasteiger partial charge in [-0.25, -0.2) is 9.48 Å². The number of benzene rings is 2. The van der Waals surface area contributed by atoms with E-state index in [4.69, 9.17) is 42.5 Å². The maximum absolute atomic E-state index is 13.3. The SMILES string of the molecule is CCCOC(=O)C1=C(C)Nc2nc(SCC)nn2C1c1cc(Br)c(OCc2ccc(Cl)c(Cl)c2)c(OCC)c1. The molecule has 3 aromatic rings. The Balaban J connectivity index is 1.77. The molecule has 208 valence electrons. The third-order valence-electron chi connectivity index (χ3n) is 5.78. The van der Waals surface area contributed by atoms with Crippen LogP contribution in [0, 0.1) is 0 Å². The van der Waals surface area contributed by atoms with E-state index in [9.17, 15) is 4.79 Å². The normalized spacial score (nSPS) is 14.6. The number of carbonyl (C=O) groups excluding carboxylic acids is 1. The lowest BCUT2D eigenvalue weighted by atomic mass is 9.95. The van der Waals surface area contributed by atoms with Crippen LogP contribution in [0.3, 0.4) is 0 Å². The molecule has 12 heteroatoms. The van der Waals surface area contributed by atoms with Gasteiger partial charge in [0, 0.05) is 5.70 Å².